The first-order chi connectivity index (χ1) is 6.38. The lowest BCUT2D eigenvalue weighted by Crippen LogP contribution is -2.43. The van der Waals surface area contributed by atoms with Crippen molar-refractivity contribution >= 4 is 0 Å². The summed E-state index contributed by atoms with van der Waals surface area (Å²) in [4.78, 5) is 2.66. The summed E-state index contributed by atoms with van der Waals surface area (Å²) in [7, 11) is 0. The van der Waals surface area contributed by atoms with Crippen molar-refractivity contribution < 1.29 is 0 Å². The van der Waals surface area contributed by atoms with Gasteiger partial charge in [0.2, 0.25) is 0 Å². The van der Waals surface area contributed by atoms with Crippen LogP contribution in [-0.2, 0) is 0 Å². The minimum Gasteiger partial charge on any atom is -0.317 e. The van der Waals surface area contributed by atoms with Crippen LogP contribution in [0, 0.1) is 0 Å². The second-order valence-corrected chi connectivity index (χ2v) is 3.96. The summed E-state index contributed by atoms with van der Waals surface area (Å²) in [6.07, 6.45) is 5.37. The highest BCUT2D eigenvalue weighted by molar-refractivity contribution is 4.76. The SMILES string of the molecule is CCCCN(CC)C1CCNCC1. The van der Waals surface area contributed by atoms with Crippen LogP contribution in [0.3, 0.4) is 0 Å². The maximum absolute atomic E-state index is 3.42. The van der Waals surface area contributed by atoms with Gasteiger partial charge in [0.1, 0.15) is 0 Å². The van der Waals surface area contributed by atoms with Gasteiger partial charge in [0.25, 0.3) is 0 Å². The van der Waals surface area contributed by atoms with Crippen molar-refractivity contribution in [1.29, 1.82) is 0 Å². The molecule has 0 spiro atoms. The van der Waals surface area contributed by atoms with Gasteiger partial charge in [0.15, 0.2) is 0 Å². The van der Waals surface area contributed by atoms with Crippen molar-refractivity contribution in [2.24, 2.45) is 0 Å². The number of rotatable bonds is 5. The topological polar surface area (TPSA) is 15.3 Å². The normalized spacial score (nSPS) is 19.6. The van der Waals surface area contributed by atoms with Crippen LogP contribution in [0.4, 0.5) is 0 Å². The largest absolute Gasteiger partial charge is 0.317 e. The molecule has 2 nitrogen and oxygen atoms in total. The van der Waals surface area contributed by atoms with Gasteiger partial charge < -0.3 is 10.2 Å². The van der Waals surface area contributed by atoms with Crippen molar-refractivity contribution in [1.82, 2.24) is 10.2 Å². The molecule has 1 heterocycles. The van der Waals surface area contributed by atoms with Crippen molar-refractivity contribution in [3.63, 3.8) is 0 Å². The maximum atomic E-state index is 3.42. The molecule has 1 fully saturated rings. The van der Waals surface area contributed by atoms with Gasteiger partial charge in [-0.05, 0) is 45.4 Å². The van der Waals surface area contributed by atoms with Gasteiger partial charge in [-0.2, -0.15) is 0 Å². The van der Waals surface area contributed by atoms with Crippen LogP contribution in [0.1, 0.15) is 39.5 Å². The Labute approximate surface area is 82.7 Å². The van der Waals surface area contributed by atoms with Crippen LogP contribution in [0.25, 0.3) is 0 Å². The minimum atomic E-state index is 0.859. The van der Waals surface area contributed by atoms with E-state index in [1.165, 1.54) is 51.9 Å². The Bertz CT molecular complexity index is 119. The monoisotopic (exact) mass is 184 g/mol. The van der Waals surface area contributed by atoms with E-state index in [1.807, 2.05) is 0 Å². The fraction of sp³-hybridized carbons (Fsp3) is 1.00. The molecule has 78 valence electrons. The first-order valence-corrected chi connectivity index (χ1v) is 5.83. The molecule has 1 N–H and O–H groups in total. The molecule has 0 aromatic carbocycles. The predicted octanol–water partition coefficient (Wildman–Crippen LogP) is 1.86. The lowest BCUT2D eigenvalue weighted by Gasteiger charge is -2.33. The standard InChI is InChI=1S/C11H24N2/c1-3-5-10-13(4-2)11-6-8-12-9-7-11/h11-12H,3-10H2,1-2H3. The summed E-state index contributed by atoms with van der Waals surface area (Å²) in [6, 6.07) is 0.859. The molecule has 0 saturated carbocycles. The van der Waals surface area contributed by atoms with E-state index in [0.717, 1.165) is 6.04 Å². The molecule has 13 heavy (non-hydrogen) atoms. The molecule has 1 aliphatic heterocycles. The van der Waals surface area contributed by atoms with E-state index >= 15 is 0 Å². The van der Waals surface area contributed by atoms with Crippen molar-refractivity contribution in [3.05, 3.63) is 0 Å². The van der Waals surface area contributed by atoms with E-state index in [-0.39, 0.29) is 0 Å². The molecule has 1 aliphatic rings. The molecule has 1 rings (SSSR count). The van der Waals surface area contributed by atoms with Crippen LogP contribution in [0.2, 0.25) is 0 Å². The number of piperidine rings is 1. The summed E-state index contributed by atoms with van der Waals surface area (Å²) < 4.78 is 0. The molecule has 0 aromatic rings. The zero-order valence-corrected chi connectivity index (χ0v) is 9.18. The molecule has 2 heteroatoms. The van der Waals surface area contributed by atoms with E-state index in [1.54, 1.807) is 0 Å². The molecular formula is C11H24N2. The Morgan fingerprint density at radius 3 is 2.46 bits per heavy atom. The van der Waals surface area contributed by atoms with Gasteiger partial charge in [-0.15, -0.1) is 0 Å². The summed E-state index contributed by atoms with van der Waals surface area (Å²) >= 11 is 0. The lowest BCUT2D eigenvalue weighted by molar-refractivity contribution is 0.168. The lowest BCUT2D eigenvalue weighted by atomic mass is 10.0. The molecule has 0 atom stereocenters. The van der Waals surface area contributed by atoms with Crippen LogP contribution in [-0.4, -0.2) is 37.1 Å². The Hall–Kier alpha value is -0.0800. The smallest absolute Gasteiger partial charge is 0.0119 e. The van der Waals surface area contributed by atoms with Gasteiger partial charge >= 0.3 is 0 Å². The number of nitrogens with one attached hydrogen (secondary N) is 1. The number of hydrogen-bond acceptors (Lipinski definition) is 2. The van der Waals surface area contributed by atoms with Gasteiger partial charge in [-0.1, -0.05) is 20.3 Å². The Balaban J connectivity index is 2.26. The Kier molecular flexibility index (Phi) is 5.40. The second kappa shape index (κ2) is 6.39. The van der Waals surface area contributed by atoms with Crippen LogP contribution in [0.5, 0.6) is 0 Å². The third-order valence-corrected chi connectivity index (χ3v) is 3.03. The highest BCUT2D eigenvalue weighted by Gasteiger charge is 2.18. The van der Waals surface area contributed by atoms with E-state index < -0.39 is 0 Å². The summed E-state index contributed by atoms with van der Waals surface area (Å²) in [5.74, 6) is 0. The van der Waals surface area contributed by atoms with Gasteiger partial charge in [0.05, 0.1) is 0 Å². The van der Waals surface area contributed by atoms with Crippen molar-refractivity contribution in [2.75, 3.05) is 26.2 Å². The summed E-state index contributed by atoms with van der Waals surface area (Å²) in [5, 5.41) is 3.42. The minimum absolute atomic E-state index is 0.859. The first kappa shape index (κ1) is 11.0. The fourth-order valence-corrected chi connectivity index (χ4v) is 2.13. The van der Waals surface area contributed by atoms with Crippen LogP contribution >= 0.6 is 0 Å². The molecule has 0 unspecified atom stereocenters. The molecule has 0 aliphatic carbocycles. The molecule has 1 saturated heterocycles. The van der Waals surface area contributed by atoms with E-state index in [9.17, 15) is 0 Å². The second-order valence-electron chi connectivity index (χ2n) is 3.96. The molecule has 0 amide bonds. The summed E-state index contributed by atoms with van der Waals surface area (Å²) in [6.45, 7) is 9.52. The van der Waals surface area contributed by atoms with Crippen molar-refractivity contribution in [2.45, 2.75) is 45.6 Å². The highest BCUT2D eigenvalue weighted by Crippen LogP contribution is 2.12. The van der Waals surface area contributed by atoms with Crippen molar-refractivity contribution in [3.8, 4) is 0 Å². The number of hydrogen-bond donors (Lipinski definition) is 1. The molecular weight excluding hydrogens is 160 g/mol. The Morgan fingerprint density at radius 2 is 1.92 bits per heavy atom. The van der Waals surface area contributed by atoms with Gasteiger partial charge in [-0.25, -0.2) is 0 Å². The predicted molar refractivity (Wildman–Crippen MR) is 58.0 cm³/mol. The maximum Gasteiger partial charge on any atom is 0.0119 e. The van der Waals surface area contributed by atoms with E-state index in [4.69, 9.17) is 0 Å². The Morgan fingerprint density at radius 1 is 1.23 bits per heavy atom. The van der Waals surface area contributed by atoms with Crippen LogP contribution < -0.4 is 5.32 Å². The molecule has 0 aromatic heterocycles. The van der Waals surface area contributed by atoms with Crippen LogP contribution in [0.15, 0.2) is 0 Å². The average molecular weight is 184 g/mol. The number of unbranched alkanes of at least 4 members (excludes halogenated alkanes) is 1. The average Bonchev–Trinajstić information content (AvgIpc) is 2.21. The van der Waals surface area contributed by atoms with Gasteiger partial charge in [-0.3, -0.25) is 0 Å². The van der Waals surface area contributed by atoms with E-state index in [0.29, 0.717) is 0 Å². The zero-order chi connectivity index (χ0) is 9.52. The fourth-order valence-electron chi connectivity index (χ4n) is 2.13. The first-order valence-electron chi connectivity index (χ1n) is 5.83. The zero-order valence-electron chi connectivity index (χ0n) is 9.18. The molecule has 0 bridgehead atoms. The van der Waals surface area contributed by atoms with E-state index in [2.05, 4.69) is 24.1 Å². The quantitative estimate of drug-likeness (QED) is 0.701. The summed E-state index contributed by atoms with van der Waals surface area (Å²) in [5.41, 5.74) is 0. The molecule has 0 radical (unpaired) electrons. The third-order valence-electron chi connectivity index (χ3n) is 3.03. The number of nitrogens with zero attached hydrogens (tertiary/aromatic N) is 1. The third kappa shape index (κ3) is 3.65. The highest BCUT2D eigenvalue weighted by atomic mass is 15.2. The van der Waals surface area contributed by atoms with Gasteiger partial charge in [0, 0.05) is 6.04 Å².